The molecule has 0 aliphatic carbocycles. The summed E-state index contributed by atoms with van der Waals surface area (Å²) in [5.74, 6) is -1.39. The number of carbonyl (C=O) groups excluding carboxylic acids is 2. The number of hydroxylamine groups is 1. The van der Waals surface area contributed by atoms with Crippen molar-refractivity contribution in [1.82, 2.24) is 0 Å². The number of halogens is 2. The standard InChI is InChI=1S/C25H20BrClN2O5/c1-2-33-19-13-14(12-18(26)22(19)30)21-20-23(34-29(21)17-6-4-3-5-7-17)25(32)28(24(20)31)16-10-8-15(27)9-11-16/h3-13,20-21,23,30H,2H2,1H3/t20-,21+,23-/m1/s1. The number of phenols is 1. The highest BCUT2D eigenvalue weighted by Gasteiger charge is 2.60. The molecular formula is C25H20BrClN2O5. The molecule has 3 atom stereocenters. The van der Waals surface area contributed by atoms with Crippen molar-refractivity contribution in [3.8, 4) is 11.5 Å². The van der Waals surface area contributed by atoms with Gasteiger partial charge in [-0.2, -0.15) is 0 Å². The van der Waals surface area contributed by atoms with Gasteiger partial charge in [-0.25, -0.2) is 9.96 Å². The Morgan fingerprint density at radius 1 is 1.03 bits per heavy atom. The van der Waals surface area contributed by atoms with E-state index in [1.54, 1.807) is 41.5 Å². The molecule has 9 heteroatoms. The molecule has 1 N–H and O–H groups in total. The number of para-hydroxylation sites is 1. The second-order valence-corrected chi connectivity index (χ2v) is 9.22. The van der Waals surface area contributed by atoms with Gasteiger partial charge < -0.3 is 9.84 Å². The molecule has 0 spiro atoms. The molecule has 2 amide bonds. The van der Waals surface area contributed by atoms with Gasteiger partial charge in [0.05, 0.1) is 28.5 Å². The van der Waals surface area contributed by atoms with Crippen LogP contribution < -0.4 is 14.7 Å². The fourth-order valence-electron chi connectivity index (χ4n) is 4.43. The molecule has 7 nitrogen and oxygen atoms in total. The monoisotopic (exact) mass is 542 g/mol. The lowest BCUT2D eigenvalue weighted by Crippen LogP contribution is -2.37. The first-order valence-corrected chi connectivity index (χ1v) is 11.9. The van der Waals surface area contributed by atoms with E-state index in [0.29, 0.717) is 33.0 Å². The van der Waals surface area contributed by atoms with E-state index >= 15 is 0 Å². The van der Waals surface area contributed by atoms with Crippen molar-refractivity contribution in [2.75, 3.05) is 16.6 Å². The zero-order valence-corrected chi connectivity index (χ0v) is 20.4. The van der Waals surface area contributed by atoms with E-state index in [4.69, 9.17) is 21.2 Å². The van der Waals surface area contributed by atoms with Crippen LogP contribution in [0.15, 0.2) is 71.2 Å². The number of hydrogen-bond donors (Lipinski definition) is 1. The van der Waals surface area contributed by atoms with Crippen LogP contribution in [0.2, 0.25) is 5.02 Å². The zero-order chi connectivity index (χ0) is 24.0. The smallest absolute Gasteiger partial charge is 0.266 e. The summed E-state index contributed by atoms with van der Waals surface area (Å²) < 4.78 is 6.02. The van der Waals surface area contributed by atoms with Crippen molar-refractivity contribution in [2.45, 2.75) is 19.1 Å². The van der Waals surface area contributed by atoms with E-state index in [9.17, 15) is 14.7 Å². The van der Waals surface area contributed by atoms with Crippen LogP contribution in [0.1, 0.15) is 18.5 Å². The summed E-state index contributed by atoms with van der Waals surface area (Å²) in [6, 6.07) is 18.6. The Bertz CT molecular complexity index is 1250. The van der Waals surface area contributed by atoms with E-state index in [-0.39, 0.29) is 17.4 Å². The first-order chi connectivity index (χ1) is 16.4. The van der Waals surface area contributed by atoms with Crippen LogP contribution in [0.3, 0.4) is 0 Å². The Kier molecular flexibility index (Phi) is 5.97. The van der Waals surface area contributed by atoms with Gasteiger partial charge in [0.2, 0.25) is 5.91 Å². The Balaban J connectivity index is 1.62. The van der Waals surface area contributed by atoms with Crippen LogP contribution >= 0.6 is 27.5 Å². The van der Waals surface area contributed by atoms with Crippen molar-refractivity contribution >= 4 is 50.7 Å². The highest BCUT2D eigenvalue weighted by Crippen LogP contribution is 2.49. The molecule has 0 unspecified atom stereocenters. The SMILES string of the molecule is CCOc1cc([C@H]2[C@H]3C(=O)N(c4ccc(Cl)cc4)C(=O)[C@@H]3ON2c2ccccc2)cc(Br)c1O. The summed E-state index contributed by atoms with van der Waals surface area (Å²) in [6.45, 7) is 2.16. The highest BCUT2D eigenvalue weighted by molar-refractivity contribution is 9.10. The van der Waals surface area contributed by atoms with Crippen LogP contribution in [0.4, 0.5) is 11.4 Å². The number of imide groups is 1. The lowest BCUT2D eigenvalue weighted by atomic mass is 9.90. The third kappa shape index (κ3) is 3.72. The molecule has 5 rings (SSSR count). The molecule has 174 valence electrons. The largest absolute Gasteiger partial charge is 0.503 e. The van der Waals surface area contributed by atoms with Crippen molar-refractivity contribution in [3.05, 3.63) is 81.8 Å². The number of benzene rings is 3. The van der Waals surface area contributed by atoms with Gasteiger partial charge in [-0.05, 0) is 76.9 Å². The van der Waals surface area contributed by atoms with Gasteiger partial charge in [0.1, 0.15) is 5.92 Å². The minimum Gasteiger partial charge on any atom is -0.503 e. The van der Waals surface area contributed by atoms with Crippen LogP contribution in [0.25, 0.3) is 0 Å². The van der Waals surface area contributed by atoms with Crippen LogP contribution in [0.5, 0.6) is 11.5 Å². The molecule has 2 aliphatic heterocycles. The van der Waals surface area contributed by atoms with E-state index in [1.165, 1.54) is 0 Å². The number of fused-ring (bicyclic) bond motifs is 1. The first kappa shape index (κ1) is 22.7. The molecule has 2 fully saturated rings. The summed E-state index contributed by atoms with van der Waals surface area (Å²) in [5.41, 5.74) is 1.79. The second kappa shape index (κ2) is 8.94. The average molecular weight is 544 g/mol. The Morgan fingerprint density at radius 2 is 1.74 bits per heavy atom. The number of aromatic hydroxyl groups is 1. The number of hydrogen-bond acceptors (Lipinski definition) is 6. The molecule has 3 aromatic rings. The van der Waals surface area contributed by atoms with E-state index in [0.717, 1.165) is 4.90 Å². The number of rotatable bonds is 5. The van der Waals surface area contributed by atoms with Gasteiger partial charge in [0.25, 0.3) is 5.91 Å². The van der Waals surface area contributed by atoms with Gasteiger partial charge >= 0.3 is 0 Å². The van der Waals surface area contributed by atoms with Crippen LogP contribution in [-0.4, -0.2) is 29.6 Å². The molecule has 2 aliphatic rings. The molecule has 34 heavy (non-hydrogen) atoms. The molecular weight excluding hydrogens is 524 g/mol. The topological polar surface area (TPSA) is 79.3 Å². The lowest BCUT2D eigenvalue weighted by Gasteiger charge is -2.29. The summed E-state index contributed by atoms with van der Waals surface area (Å²) in [4.78, 5) is 34.3. The maximum Gasteiger partial charge on any atom is 0.266 e. The lowest BCUT2D eigenvalue weighted by molar-refractivity contribution is -0.126. The average Bonchev–Trinajstić information content (AvgIpc) is 3.34. The molecule has 3 aromatic carbocycles. The Hall–Kier alpha value is -3.07. The fraction of sp³-hybridized carbons (Fsp3) is 0.200. The molecule has 0 aromatic heterocycles. The van der Waals surface area contributed by atoms with E-state index in [1.807, 2.05) is 37.3 Å². The number of ether oxygens (including phenoxy) is 1. The highest BCUT2D eigenvalue weighted by atomic mass is 79.9. The quantitative estimate of drug-likeness (QED) is 0.443. The number of nitrogens with zero attached hydrogens (tertiary/aromatic N) is 2. The second-order valence-electron chi connectivity index (χ2n) is 7.93. The third-order valence-corrected chi connectivity index (χ3v) is 6.76. The minimum atomic E-state index is -1.00. The maximum absolute atomic E-state index is 13.7. The number of phenolic OH excluding ortho intramolecular Hbond substituents is 1. The Labute approximate surface area is 209 Å². The van der Waals surface area contributed by atoms with Gasteiger partial charge in [0, 0.05) is 5.02 Å². The first-order valence-electron chi connectivity index (χ1n) is 10.7. The molecule has 0 radical (unpaired) electrons. The van der Waals surface area contributed by atoms with Gasteiger partial charge in [0.15, 0.2) is 17.6 Å². The Morgan fingerprint density at radius 3 is 2.41 bits per heavy atom. The van der Waals surface area contributed by atoms with Crippen molar-refractivity contribution < 1.29 is 24.3 Å². The van der Waals surface area contributed by atoms with Crippen molar-refractivity contribution in [1.29, 1.82) is 0 Å². The van der Waals surface area contributed by atoms with E-state index in [2.05, 4.69) is 15.9 Å². The van der Waals surface area contributed by atoms with Crippen molar-refractivity contribution in [2.24, 2.45) is 5.92 Å². The number of anilines is 2. The zero-order valence-electron chi connectivity index (χ0n) is 18.0. The summed E-state index contributed by atoms with van der Waals surface area (Å²) in [7, 11) is 0. The minimum absolute atomic E-state index is 0.0380. The summed E-state index contributed by atoms with van der Waals surface area (Å²) in [6.07, 6.45) is -1.00. The van der Waals surface area contributed by atoms with Crippen LogP contribution in [-0.2, 0) is 14.4 Å². The maximum atomic E-state index is 13.7. The van der Waals surface area contributed by atoms with Crippen molar-refractivity contribution in [3.63, 3.8) is 0 Å². The molecule has 0 saturated carbocycles. The predicted molar refractivity (Wildman–Crippen MR) is 131 cm³/mol. The van der Waals surface area contributed by atoms with Gasteiger partial charge in [-0.3, -0.25) is 14.4 Å². The third-order valence-electron chi connectivity index (χ3n) is 5.90. The van der Waals surface area contributed by atoms with E-state index < -0.39 is 24.0 Å². The number of amides is 2. The number of carbonyl (C=O) groups is 2. The normalized spacial score (nSPS) is 21.8. The summed E-state index contributed by atoms with van der Waals surface area (Å²) in [5, 5.41) is 12.5. The van der Waals surface area contributed by atoms with Crippen LogP contribution in [0, 0.1) is 5.92 Å². The fourth-order valence-corrected chi connectivity index (χ4v) is 5.01. The molecule has 0 bridgehead atoms. The van der Waals surface area contributed by atoms with Gasteiger partial charge in [-0.1, -0.05) is 29.8 Å². The predicted octanol–water partition coefficient (Wildman–Crippen LogP) is 5.26. The molecule has 2 heterocycles. The molecule has 2 saturated heterocycles. The van der Waals surface area contributed by atoms with Gasteiger partial charge in [-0.15, -0.1) is 0 Å². The summed E-state index contributed by atoms with van der Waals surface area (Å²) >= 11 is 9.37.